The molecule has 92 valence electrons. The topological polar surface area (TPSA) is 0 Å². The first-order chi connectivity index (χ1) is 7.08. The number of rotatable bonds is 9. The van der Waals surface area contributed by atoms with E-state index in [1.165, 1.54) is 50.8 Å². The second kappa shape index (κ2) is 8.57. The zero-order valence-corrected chi connectivity index (χ0v) is 12.5. The molecule has 0 heterocycles. The Kier molecular flexibility index (Phi) is 8.81. The van der Waals surface area contributed by atoms with Crippen molar-refractivity contribution < 1.29 is 0 Å². The molecule has 0 amide bonds. The first kappa shape index (κ1) is 15.4. The lowest BCUT2D eigenvalue weighted by Crippen LogP contribution is -2.20. The maximum absolute atomic E-state index is 2.51. The minimum Gasteiger partial charge on any atom is -0.101 e. The normalized spacial score (nSPS) is 12.4. The second-order valence-corrected chi connectivity index (χ2v) is 8.44. The van der Waals surface area contributed by atoms with Crippen molar-refractivity contribution in [1.82, 2.24) is 0 Å². The molecule has 0 saturated heterocycles. The second-order valence-electron chi connectivity index (χ2n) is 5.26. The van der Waals surface area contributed by atoms with Gasteiger partial charge in [-0.25, -0.2) is 0 Å². The van der Waals surface area contributed by atoms with Crippen molar-refractivity contribution in [2.45, 2.75) is 78.3 Å². The zero-order chi connectivity index (χ0) is 11.7. The summed E-state index contributed by atoms with van der Waals surface area (Å²) in [5.41, 5.74) is 0. The number of hydrogen-bond acceptors (Lipinski definition) is 0. The Balaban J connectivity index is 4.17. The van der Waals surface area contributed by atoms with Crippen molar-refractivity contribution >= 4 is 7.92 Å². The fourth-order valence-corrected chi connectivity index (χ4v) is 5.55. The molecule has 0 unspecified atom stereocenters. The van der Waals surface area contributed by atoms with Gasteiger partial charge in [-0.15, -0.1) is 7.92 Å². The maximum Gasteiger partial charge on any atom is -0.0151 e. The molecule has 0 spiro atoms. The predicted octanol–water partition coefficient (Wildman–Crippen LogP) is 5.65. The molecule has 0 aliphatic carbocycles. The number of hydrogen-bond donors (Lipinski definition) is 0. The van der Waals surface area contributed by atoms with Crippen molar-refractivity contribution in [2.75, 3.05) is 12.3 Å². The Morgan fingerprint density at radius 3 is 1.60 bits per heavy atom. The first-order valence-corrected chi connectivity index (χ1v) is 8.54. The van der Waals surface area contributed by atoms with E-state index in [-0.39, 0.29) is 7.92 Å². The van der Waals surface area contributed by atoms with Gasteiger partial charge >= 0.3 is 0 Å². The Bertz CT molecular complexity index is 132. The van der Waals surface area contributed by atoms with E-state index in [0.29, 0.717) is 5.16 Å². The highest BCUT2D eigenvalue weighted by Gasteiger charge is 2.26. The molecule has 0 aromatic carbocycles. The molecule has 0 radical (unpaired) electrons. The van der Waals surface area contributed by atoms with Crippen molar-refractivity contribution in [3.8, 4) is 0 Å². The summed E-state index contributed by atoms with van der Waals surface area (Å²) in [4.78, 5) is 0. The summed E-state index contributed by atoms with van der Waals surface area (Å²) >= 11 is 0. The molecule has 15 heavy (non-hydrogen) atoms. The highest BCUT2D eigenvalue weighted by molar-refractivity contribution is 7.59. The highest BCUT2D eigenvalue weighted by atomic mass is 31.1. The summed E-state index contributed by atoms with van der Waals surface area (Å²) in [6, 6.07) is 0. The third-order valence-corrected chi connectivity index (χ3v) is 6.93. The largest absolute Gasteiger partial charge is 0.101 e. The first-order valence-electron chi connectivity index (χ1n) is 6.83. The molecule has 0 atom stereocenters. The van der Waals surface area contributed by atoms with Crippen molar-refractivity contribution in [3.05, 3.63) is 0 Å². The van der Waals surface area contributed by atoms with E-state index in [2.05, 4.69) is 34.6 Å². The summed E-state index contributed by atoms with van der Waals surface area (Å²) in [6.07, 6.45) is 11.4. The van der Waals surface area contributed by atoms with Gasteiger partial charge in [0.05, 0.1) is 0 Å². The third kappa shape index (κ3) is 6.56. The van der Waals surface area contributed by atoms with Crippen LogP contribution >= 0.6 is 7.92 Å². The molecular weight excluding hydrogens is 199 g/mol. The van der Waals surface area contributed by atoms with Crippen LogP contribution in [0.4, 0.5) is 0 Å². The van der Waals surface area contributed by atoms with Crippen LogP contribution in [0.15, 0.2) is 0 Å². The van der Waals surface area contributed by atoms with Crippen LogP contribution in [0.25, 0.3) is 0 Å². The molecule has 0 bridgehead atoms. The molecule has 1 heteroatoms. The van der Waals surface area contributed by atoms with Gasteiger partial charge in [0, 0.05) is 0 Å². The lowest BCUT2D eigenvalue weighted by atomic mass is 10.1. The molecule has 0 aliphatic rings. The summed E-state index contributed by atoms with van der Waals surface area (Å²) < 4.78 is 0. The van der Waals surface area contributed by atoms with Crippen LogP contribution in [0.3, 0.4) is 0 Å². The van der Waals surface area contributed by atoms with E-state index < -0.39 is 0 Å². The molecule has 0 aromatic heterocycles. The molecule has 0 rings (SSSR count). The van der Waals surface area contributed by atoms with E-state index >= 15 is 0 Å². The zero-order valence-electron chi connectivity index (χ0n) is 11.6. The Hall–Kier alpha value is 0.430. The average Bonchev–Trinajstić information content (AvgIpc) is 2.17. The van der Waals surface area contributed by atoms with E-state index in [9.17, 15) is 0 Å². The molecule has 0 aromatic rings. The van der Waals surface area contributed by atoms with Gasteiger partial charge in [0.25, 0.3) is 0 Å². The van der Waals surface area contributed by atoms with Gasteiger partial charge < -0.3 is 0 Å². The Labute approximate surface area is 99.0 Å². The summed E-state index contributed by atoms with van der Waals surface area (Å²) in [5.74, 6) is 0. The van der Waals surface area contributed by atoms with Crippen molar-refractivity contribution in [1.29, 1.82) is 0 Å². The lowest BCUT2D eigenvalue weighted by molar-refractivity contribution is 0.609. The van der Waals surface area contributed by atoms with Crippen LogP contribution < -0.4 is 0 Å². The van der Waals surface area contributed by atoms with E-state index in [0.717, 1.165) is 0 Å². The lowest BCUT2D eigenvalue weighted by Gasteiger charge is -2.35. The molecule has 0 saturated carbocycles. The Morgan fingerprint density at radius 2 is 1.27 bits per heavy atom. The SMILES string of the molecule is CCCCP(CCCC)C(C)(C)CCC. The van der Waals surface area contributed by atoms with Crippen LogP contribution in [0, 0.1) is 0 Å². The van der Waals surface area contributed by atoms with Gasteiger partial charge in [-0.3, -0.25) is 0 Å². The maximum atomic E-state index is 2.51. The van der Waals surface area contributed by atoms with E-state index in [1.54, 1.807) is 0 Å². The smallest absolute Gasteiger partial charge is 0.0151 e. The standard InChI is InChI=1S/C14H31P/c1-6-9-12-15(13-10-7-2)14(4,5)11-8-3/h6-13H2,1-5H3. The third-order valence-electron chi connectivity index (χ3n) is 3.28. The monoisotopic (exact) mass is 230 g/mol. The highest BCUT2D eigenvalue weighted by Crippen LogP contribution is 2.53. The van der Waals surface area contributed by atoms with E-state index in [1.807, 2.05) is 0 Å². The van der Waals surface area contributed by atoms with Crippen LogP contribution in [0.5, 0.6) is 0 Å². The van der Waals surface area contributed by atoms with Gasteiger partial charge in [0.2, 0.25) is 0 Å². The van der Waals surface area contributed by atoms with Crippen LogP contribution in [0.1, 0.15) is 73.1 Å². The van der Waals surface area contributed by atoms with Crippen LogP contribution in [-0.2, 0) is 0 Å². The van der Waals surface area contributed by atoms with E-state index in [4.69, 9.17) is 0 Å². The minimum absolute atomic E-state index is 0.278. The summed E-state index contributed by atoms with van der Waals surface area (Å²) in [7, 11) is 0.278. The Morgan fingerprint density at radius 1 is 0.800 bits per heavy atom. The van der Waals surface area contributed by atoms with Gasteiger partial charge in [0.1, 0.15) is 0 Å². The molecule has 0 fully saturated rings. The van der Waals surface area contributed by atoms with Crippen LogP contribution in [0.2, 0.25) is 0 Å². The van der Waals surface area contributed by atoms with Gasteiger partial charge in [-0.1, -0.05) is 53.9 Å². The molecule has 0 N–H and O–H groups in total. The summed E-state index contributed by atoms with van der Waals surface area (Å²) in [6.45, 7) is 12.0. The molecular formula is C14H31P. The quantitative estimate of drug-likeness (QED) is 0.449. The van der Waals surface area contributed by atoms with Gasteiger partial charge in [-0.05, 0) is 36.7 Å². The molecule has 0 nitrogen and oxygen atoms in total. The van der Waals surface area contributed by atoms with Crippen molar-refractivity contribution in [2.24, 2.45) is 0 Å². The molecule has 0 aliphatic heterocycles. The fourth-order valence-electron chi connectivity index (χ4n) is 2.18. The van der Waals surface area contributed by atoms with Crippen molar-refractivity contribution in [3.63, 3.8) is 0 Å². The van der Waals surface area contributed by atoms with Gasteiger partial charge in [-0.2, -0.15) is 0 Å². The average molecular weight is 230 g/mol. The van der Waals surface area contributed by atoms with Crippen LogP contribution in [-0.4, -0.2) is 17.5 Å². The fraction of sp³-hybridized carbons (Fsp3) is 1.00. The number of unbranched alkanes of at least 4 members (excludes halogenated alkanes) is 2. The van der Waals surface area contributed by atoms with Gasteiger partial charge in [0.15, 0.2) is 0 Å². The predicted molar refractivity (Wildman–Crippen MR) is 75.5 cm³/mol. The summed E-state index contributed by atoms with van der Waals surface area (Å²) in [5, 5.41) is 0.633. The minimum atomic E-state index is 0.278.